The molecule has 1 heterocycles. The Balaban J connectivity index is 3.06. The van der Waals surface area contributed by atoms with E-state index < -0.39 is 11.1 Å². The predicted molar refractivity (Wildman–Crippen MR) is 56.1 cm³/mol. The average Bonchev–Trinajstić information content (AvgIpc) is 2.13. The van der Waals surface area contributed by atoms with Crippen LogP contribution in [0.2, 0.25) is 0 Å². The van der Waals surface area contributed by atoms with E-state index in [0.29, 0.717) is 5.16 Å². The van der Waals surface area contributed by atoms with Crippen molar-refractivity contribution in [3.8, 4) is 0 Å². The van der Waals surface area contributed by atoms with Crippen LogP contribution < -0.4 is 11.1 Å². The van der Waals surface area contributed by atoms with Gasteiger partial charge in [0.2, 0.25) is 0 Å². The number of rotatable bonds is 3. The Kier molecular flexibility index (Phi) is 3.46. The molecule has 0 amide bonds. The number of carbonyl (C=O) groups is 1. The summed E-state index contributed by atoms with van der Waals surface area (Å²) in [4.78, 5) is 36.4. The van der Waals surface area contributed by atoms with E-state index in [4.69, 9.17) is 0 Å². The SMILES string of the molecule is CC(=O)C(C)Sc1nc(=O)c(=O)[nH]n1C. The van der Waals surface area contributed by atoms with Crippen LogP contribution in [-0.4, -0.2) is 25.8 Å². The van der Waals surface area contributed by atoms with Crippen molar-refractivity contribution >= 4 is 17.5 Å². The maximum absolute atomic E-state index is 11.0. The molecule has 0 aromatic carbocycles. The summed E-state index contributed by atoms with van der Waals surface area (Å²) < 4.78 is 1.33. The second kappa shape index (κ2) is 4.43. The number of aromatic nitrogens is 3. The molecule has 0 saturated carbocycles. The molecule has 0 spiro atoms. The minimum Gasteiger partial charge on any atom is -0.299 e. The van der Waals surface area contributed by atoms with Gasteiger partial charge in [0.15, 0.2) is 5.16 Å². The number of aryl methyl sites for hydroxylation is 1. The van der Waals surface area contributed by atoms with Crippen molar-refractivity contribution in [2.75, 3.05) is 0 Å². The lowest BCUT2D eigenvalue weighted by molar-refractivity contribution is -0.116. The summed E-state index contributed by atoms with van der Waals surface area (Å²) in [5.74, 6) is -0.0135. The van der Waals surface area contributed by atoms with Crippen molar-refractivity contribution in [3.63, 3.8) is 0 Å². The molecule has 0 aliphatic rings. The molecule has 15 heavy (non-hydrogen) atoms. The van der Waals surface area contributed by atoms with Crippen molar-refractivity contribution in [2.45, 2.75) is 24.3 Å². The highest BCUT2D eigenvalue weighted by atomic mass is 32.2. The van der Waals surface area contributed by atoms with Crippen LogP contribution in [0.3, 0.4) is 0 Å². The van der Waals surface area contributed by atoms with Crippen molar-refractivity contribution < 1.29 is 4.79 Å². The second-order valence-corrected chi connectivity index (χ2v) is 4.38. The van der Waals surface area contributed by atoms with Gasteiger partial charge < -0.3 is 0 Å². The Bertz CT molecular complexity index is 491. The number of hydrogen-bond acceptors (Lipinski definition) is 5. The van der Waals surface area contributed by atoms with Crippen LogP contribution in [0.4, 0.5) is 0 Å². The lowest BCUT2D eigenvalue weighted by Gasteiger charge is -2.08. The van der Waals surface area contributed by atoms with Crippen LogP contribution in [0, 0.1) is 0 Å². The molecular weight excluding hydrogens is 218 g/mol. The number of H-pyrrole nitrogens is 1. The average molecular weight is 229 g/mol. The number of nitrogens with one attached hydrogen (secondary N) is 1. The molecule has 1 rings (SSSR count). The first-order valence-electron chi connectivity index (χ1n) is 4.26. The summed E-state index contributed by atoms with van der Waals surface area (Å²) in [6.07, 6.45) is 0. The van der Waals surface area contributed by atoms with Gasteiger partial charge >= 0.3 is 11.1 Å². The molecule has 1 unspecified atom stereocenters. The minimum absolute atomic E-state index is 0.0135. The summed E-state index contributed by atoms with van der Waals surface area (Å²) in [6.45, 7) is 3.17. The Labute approximate surface area is 89.7 Å². The molecule has 0 aliphatic heterocycles. The van der Waals surface area contributed by atoms with E-state index in [9.17, 15) is 14.4 Å². The molecule has 6 nitrogen and oxygen atoms in total. The first kappa shape index (κ1) is 11.7. The Morgan fingerprint density at radius 3 is 2.67 bits per heavy atom. The third kappa shape index (κ3) is 2.79. The molecule has 1 atom stereocenters. The number of thioether (sulfide) groups is 1. The highest BCUT2D eigenvalue weighted by molar-refractivity contribution is 8.00. The fraction of sp³-hybridized carbons (Fsp3) is 0.500. The maximum Gasteiger partial charge on any atom is 0.339 e. The van der Waals surface area contributed by atoms with Crippen molar-refractivity contribution in [3.05, 3.63) is 20.7 Å². The molecule has 0 bridgehead atoms. The van der Waals surface area contributed by atoms with Crippen LogP contribution in [0.5, 0.6) is 0 Å². The molecule has 7 heteroatoms. The fourth-order valence-corrected chi connectivity index (χ4v) is 1.63. The number of carbonyl (C=O) groups excluding carboxylic acids is 1. The van der Waals surface area contributed by atoms with Crippen molar-refractivity contribution in [2.24, 2.45) is 7.05 Å². The van der Waals surface area contributed by atoms with Gasteiger partial charge in [-0.1, -0.05) is 11.8 Å². The number of Topliss-reactive ketones (excluding diaryl/α,β-unsaturated/α-hetero) is 1. The molecule has 1 aromatic rings. The van der Waals surface area contributed by atoms with Gasteiger partial charge in [0.1, 0.15) is 5.78 Å². The zero-order valence-corrected chi connectivity index (χ0v) is 9.42. The van der Waals surface area contributed by atoms with E-state index >= 15 is 0 Å². The van der Waals surface area contributed by atoms with Gasteiger partial charge in [-0.25, -0.2) is 0 Å². The standard InChI is InChI=1S/C8H11N3O3S/c1-4(12)5(2)15-8-9-6(13)7(14)10-11(8)3/h5H,1-3H3,(H,10,14). The van der Waals surface area contributed by atoms with Crippen LogP contribution in [0.15, 0.2) is 14.7 Å². The molecule has 0 aliphatic carbocycles. The van der Waals surface area contributed by atoms with Gasteiger partial charge in [0.05, 0.1) is 5.25 Å². The van der Waals surface area contributed by atoms with Gasteiger partial charge in [-0.05, 0) is 13.8 Å². The monoisotopic (exact) mass is 229 g/mol. The Morgan fingerprint density at radius 2 is 2.13 bits per heavy atom. The first-order chi connectivity index (χ1) is 6.91. The number of nitrogens with zero attached hydrogens (tertiary/aromatic N) is 2. The lowest BCUT2D eigenvalue weighted by atomic mass is 10.3. The summed E-state index contributed by atoms with van der Waals surface area (Å²) >= 11 is 1.13. The maximum atomic E-state index is 11.0. The van der Waals surface area contributed by atoms with E-state index in [-0.39, 0.29) is 11.0 Å². The molecule has 82 valence electrons. The van der Waals surface area contributed by atoms with E-state index in [1.54, 1.807) is 14.0 Å². The van der Waals surface area contributed by atoms with E-state index in [1.807, 2.05) is 0 Å². The number of ketones is 1. The van der Waals surface area contributed by atoms with Gasteiger partial charge in [0, 0.05) is 7.05 Å². The van der Waals surface area contributed by atoms with Crippen molar-refractivity contribution in [1.82, 2.24) is 14.8 Å². The molecule has 0 fully saturated rings. The van der Waals surface area contributed by atoms with Crippen LogP contribution in [0.1, 0.15) is 13.8 Å². The predicted octanol–water partition coefficient (Wildman–Crippen LogP) is -0.462. The summed E-state index contributed by atoms with van der Waals surface area (Å²) in [6, 6.07) is 0. The summed E-state index contributed by atoms with van der Waals surface area (Å²) in [5.41, 5.74) is -1.61. The zero-order valence-electron chi connectivity index (χ0n) is 8.60. The highest BCUT2D eigenvalue weighted by Gasteiger charge is 2.13. The third-order valence-electron chi connectivity index (χ3n) is 1.80. The normalized spacial score (nSPS) is 12.5. The second-order valence-electron chi connectivity index (χ2n) is 3.07. The quantitative estimate of drug-likeness (QED) is 0.560. The summed E-state index contributed by atoms with van der Waals surface area (Å²) in [5, 5.41) is 2.33. The number of hydrogen-bond donors (Lipinski definition) is 1. The van der Waals surface area contributed by atoms with Gasteiger partial charge in [-0.15, -0.1) is 0 Å². The minimum atomic E-state index is -0.841. The van der Waals surface area contributed by atoms with Crippen LogP contribution >= 0.6 is 11.8 Å². The van der Waals surface area contributed by atoms with Gasteiger partial charge in [0.25, 0.3) is 0 Å². The van der Waals surface area contributed by atoms with E-state index in [2.05, 4.69) is 10.1 Å². The summed E-state index contributed by atoms with van der Waals surface area (Å²) in [7, 11) is 1.56. The smallest absolute Gasteiger partial charge is 0.299 e. The molecule has 0 saturated heterocycles. The lowest BCUT2D eigenvalue weighted by Crippen LogP contribution is -2.34. The highest BCUT2D eigenvalue weighted by Crippen LogP contribution is 2.18. The van der Waals surface area contributed by atoms with Crippen molar-refractivity contribution in [1.29, 1.82) is 0 Å². The van der Waals surface area contributed by atoms with E-state index in [0.717, 1.165) is 11.8 Å². The van der Waals surface area contributed by atoms with Gasteiger partial charge in [-0.2, -0.15) is 4.98 Å². The van der Waals surface area contributed by atoms with Crippen LogP contribution in [-0.2, 0) is 11.8 Å². The fourth-order valence-electron chi connectivity index (χ4n) is 0.807. The van der Waals surface area contributed by atoms with Crippen LogP contribution in [0.25, 0.3) is 0 Å². The molecule has 1 aromatic heterocycles. The largest absolute Gasteiger partial charge is 0.339 e. The third-order valence-corrected chi connectivity index (χ3v) is 3.06. The van der Waals surface area contributed by atoms with E-state index in [1.165, 1.54) is 11.6 Å². The zero-order chi connectivity index (χ0) is 11.6. The first-order valence-corrected chi connectivity index (χ1v) is 5.14. The molecular formula is C8H11N3O3S. The molecule has 1 N–H and O–H groups in total. The van der Waals surface area contributed by atoms with Gasteiger partial charge in [-0.3, -0.25) is 24.2 Å². The molecule has 0 radical (unpaired) electrons. The topological polar surface area (TPSA) is 84.8 Å². The number of aromatic amines is 1. The Morgan fingerprint density at radius 1 is 1.53 bits per heavy atom. The Hall–Kier alpha value is -1.37.